The van der Waals surface area contributed by atoms with Gasteiger partial charge in [-0.3, -0.25) is 24.0 Å². The number of unbranched alkanes of at least 4 members (excludes halogenated alkanes) is 1. The lowest BCUT2D eigenvalue weighted by molar-refractivity contribution is -0.134. The average molecular weight is 851 g/mol. The van der Waals surface area contributed by atoms with E-state index in [-0.39, 0.29) is 37.9 Å². The number of imidazole rings is 1. The van der Waals surface area contributed by atoms with Crippen LogP contribution in [0.2, 0.25) is 0 Å². The Balaban J connectivity index is 1.36. The Morgan fingerprint density at radius 1 is 0.656 bits per heavy atom. The van der Waals surface area contributed by atoms with Crippen LogP contribution in [-0.2, 0) is 54.5 Å². The van der Waals surface area contributed by atoms with Crippen LogP contribution in [0.3, 0.4) is 0 Å². The first kappa shape index (κ1) is 45.8. The van der Waals surface area contributed by atoms with Crippen molar-refractivity contribution in [3.05, 3.63) is 126 Å². The maximum atomic E-state index is 14.4. The predicted octanol–water partition coefficient (Wildman–Crippen LogP) is 1.17. The van der Waals surface area contributed by atoms with Crippen LogP contribution in [0, 0.1) is 0 Å². The summed E-state index contributed by atoms with van der Waals surface area (Å²) >= 11 is 4.28. The van der Waals surface area contributed by atoms with Crippen LogP contribution in [0.15, 0.2) is 104 Å². The van der Waals surface area contributed by atoms with Crippen molar-refractivity contribution in [2.45, 2.75) is 81.2 Å². The van der Waals surface area contributed by atoms with Crippen LogP contribution in [-0.4, -0.2) is 99.3 Å². The average Bonchev–Trinajstić information content (AvgIpc) is 3.95. The van der Waals surface area contributed by atoms with Crippen LogP contribution < -0.4 is 38.1 Å². The Hall–Kier alpha value is -6.30. The van der Waals surface area contributed by atoms with Crippen molar-refractivity contribution in [3.63, 3.8) is 0 Å². The van der Waals surface area contributed by atoms with Crippen molar-refractivity contribution >= 4 is 59.4 Å². The monoisotopic (exact) mass is 850 g/mol. The fourth-order valence-electron chi connectivity index (χ4n) is 6.85. The standard InChI is InChI=1S/C44H54N10O6S/c45-18-10-9-17-36(51-44(60)39(26-61)54-40(56)34(46)22-31-24-47-27-49-31)41(57)52-37(20-29-13-5-2-6-14-29)43(59)53-38(21-30-23-48-35-16-8-7-15-33(30)35)42(58)50-32(25-55)19-28-11-3-1-4-12-28/h1-8,11-16,23-25,27,32,34,36-39,48,61H,9-10,17-22,26,45-46H2,(H,47,49)(H,50,58)(H,51,60)(H,52,57)(H,53,59)(H,54,56)/t32-,34-,36-,37-,38-,39-/m0/s1. The largest absolute Gasteiger partial charge is 0.361 e. The third kappa shape index (κ3) is 13.9. The molecule has 2 aromatic heterocycles. The number of nitrogens with zero attached hydrogens (tertiary/aromatic N) is 1. The lowest BCUT2D eigenvalue weighted by Crippen LogP contribution is -2.60. The molecule has 5 amide bonds. The van der Waals surface area contributed by atoms with Crippen LogP contribution in [0.5, 0.6) is 0 Å². The number of H-pyrrole nitrogens is 2. The summed E-state index contributed by atoms with van der Waals surface area (Å²) in [4.78, 5) is 91.5. The molecule has 0 saturated heterocycles. The van der Waals surface area contributed by atoms with Crippen molar-refractivity contribution in [1.82, 2.24) is 41.5 Å². The van der Waals surface area contributed by atoms with E-state index in [0.29, 0.717) is 31.4 Å². The van der Waals surface area contributed by atoms with E-state index in [2.05, 4.69) is 54.2 Å². The number of aldehydes is 1. The second-order valence-electron chi connectivity index (χ2n) is 14.8. The highest BCUT2D eigenvalue weighted by molar-refractivity contribution is 7.80. The highest BCUT2D eigenvalue weighted by atomic mass is 32.1. The van der Waals surface area contributed by atoms with Crippen LogP contribution in [0.25, 0.3) is 10.9 Å². The van der Waals surface area contributed by atoms with Gasteiger partial charge in [-0.15, -0.1) is 0 Å². The van der Waals surface area contributed by atoms with Gasteiger partial charge in [0.2, 0.25) is 29.5 Å². The molecular weight excluding hydrogens is 797 g/mol. The lowest BCUT2D eigenvalue weighted by atomic mass is 10.0. The number of carbonyl (C=O) groups excluding carboxylic acids is 6. The molecule has 6 atom stereocenters. The molecule has 17 heteroatoms. The molecule has 3 aromatic carbocycles. The van der Waals surface area contributed by atoms with Gasteiger partial charge in [-0.25, -0.2) is 4.98 Å². The van der Waals surface area contributed by atoms with Gasteiger partial charge in [0.15, 0.2) is 0 Å². The quantitative estimate of drug-likeness (QED) is 0.0243. The summed E-state index contributed by atoms with van der Waals surface area (Å²) in [5, 5.41) is 14.7. The number of aromatic amines is 2. The highest BCUT2D eigenvalue weighted by Crippen LogP contribution is 2.20. The topological polar surface area (TPSA) is 259 Å². The van der Waals surface area contributed by atoms with E-state index in [0.717, 1.165) is 27.6 Å². The molecule has 0 fully saturated rings. The number of benzene rings is 3. The zero-order valence-electron chi connectivity index (χ0n) is 33.7. The zero-order chi connectivity index (χ0) is 43.6. The lowest BCUT2D eigenvalue weighted by Gasteiger charge is -2.27. The van der Waals surface area contributed by atoms with Gasteiger partial charge >= 0.3 is 0 Å². The number of fused-ring (bicyclic) bond motifs is 1. The van der Waals surface area contributed by atoms with Crippen LogP contribution in [0.1, 0.15) is 41.6 Å². The molecule has 0 bridgehead atoms. The van der Waals surface area contributed by atoms with Crippen molar-refractivity contribution in [2.24, 2.45) is 11.5 Å². The molecule has 5 aromatic rings. The normalized spacial score (nSPS) is 14.1. The molecule has 322 valence electrons. The van der Waals surface area contributed by atoms with E-state index in [4.69, 9.17) is 11.5 Å². The molecule has 0 aliphatic rings. The molecule has 0 spiro atoms. The molecule has 2 heterocycles. The summed E-state index contributed by atoms with van der Waals surface area (Å²) in [6.07, 6.45) is 7.11. The predicted molar refractivity (Wildman–Crippen MR) is 235 cm³/mol. The number of hydrogen-bond donors (Lipinski definition) is 10. The molecule has 61 heavy (non-hydrogen) atoms. The summed E-state index contributed by atoms with van der Waals surface area (Å²) < 4.78 is 0. The van der Waals surface area contributed by atoms with Gasteiger partial charge in [-0.05, 0) is 55.0 Å². The molecule has 0 unspecified atom stereocenters. The summed E-state index contributed by atoms with van der Waals surface area (Å²) in [6, 6.07) is 19.3. The van der Waals surface area contributed by atoms with E-state index in [1.165, 1.54) is 6.33 Å². The number of carbonyl (C=O) groups is 6. The number of para-hydroxylation sites is 1. The maximum Gasteiger partial charge on any atom is 0.244 e. The van der Waals surface area contributed by atoms with Gasteiger partial charge in [0.05, 0.1) is 18.4 Å². The molecule has 0 radical (unpaired) electrons. The molecule has 0 aliphatic heterocycles. The number of rotatable bonds is 24. The van der Waals surface area contributed by atoms with Crippen molar-refractivity contribution in [3.8, 4) is 0 Å². The number of thiol groups is 1. The van der Waals surface area contributed by atoms with E-state index in [1.807, 2.05) is 60.7 Å². The number of aromatic nitrogens is 3. The zero-order valence-corrected chi connectivity index (χ0v) is 34.6. The van der Waals surface area contributed by atoms with Gasteiger partial charge in [0.25, 0.3) is 0 Å². The number of nitrogens with one attached hydrogen (secondary N) is 7. The minimum absolute atomic E-state index is 0.0395. The van der Waals surface area contributed by atoms with E-state index in [9.17, 15) is 28.8 Å². The Labute approximate surface area is 359 Å². The highest BCUT2D eigenvalue weighted by Gasteiger charge is 2.33. The second kappa shape index (κ2) is 23.5. The number of nitrogens with two attached hydrogens (primary N) is 2. The van der Waals surface area contributed by atoms with Crippen LogP contribution in [0.4, 0.5) is 0 Å². The Morgan fingerprint density at radius 3 is 1.87 bits per heavy atom. The van der Waals surface area contributed by atoms with Gasteiger partial charge in [-0.1, -0.05) is 78.9 Å². The van der Waals surface area contributed by atoms with E-state index in [1.54, 1.807) is 36.7 Å². The van der Waals surface area contributed by atoms with Gasteiger partial charge in [-0.2, -0.15) is 12.6 Å². The SMILES string of the molecule is NCCCC[C@H](NC(=O)[C@H](CS)NC(=O)[C@@H](N)Cc1cnc[nH]1)C(=O)N[C@@H](Cc1ccccc1)C(=O)N[C@@H](Cc1c[nH]c2ccccc12)C(=O)N[C@H](C=O)Cc1ccccc1. The third-order valence-corrected chi connectivity index (χ3v) is 10.5. The van der Waals surface area contributed by atoms with Gasteiger partial charge in [0, 0.05) is 54.0 Å². The molecule has 16 nitrogen and oxygen atoms in total. The first-order chi connectivity index (χ1) is 29.6. The van der Waals surface area contributed by atoms with E-state index < -0.39 is 65.8 Å². The van der Waals surface area contributed by atoms with Crippen LogP contribution >= 0.6 is 12.6 Å². The molecule has 0 saturated carbocycles. The summed E-state index contributed by atoms with van der Waals surface area (Å²) in [5.74, 6) is -3.29. The second-order valence-corrected chi connectivity index (χ2v) is 15.2. The fraction of sp³-hybridized carbons (Fsp3) is 0.341. The molecule has 0 aliphatic carbocycles. The number of amides is 5. The summed E-state index contributed by atoms with van der Waals surface area (Å²) in [6.45, 7) is 0.348. The van der Waals surface area contributed by atoms with Crippen molar-refractivity contribution in [1.29, 1.82) is 0 Å². The Morgan fingerprint density at radius 2 is 1.23 bits per heavy atom. The van der Waals surface area contributed by atoms with Crippen molar-refractivity contribution < 1.29 is 28.8 Å². The fourth-order valence-corrected chi connectivity index (χ4v) is 7.11. The molecule has 11 N–H and O–H groups in total. The van der Waals surface area contributed by atoms with Crippen molar-refractivity contribution in [2.75, 3.05) is 12.3 Å². The minimum Gasteiger partial charge on any atom is -0.361 e. The smallest absolute Gasteiger partial charge is 0.244 e. The molecule has 5 rings (SSSR count). The maximum absolute atomic E-state index is 14.4. The summed E-state index contributed by atoms with van der Waals surface area (Å²) in [5.41, 5.74) is 15.6. The first-order valence-electron chi connectivity index (χ1n) is 20.2. The number of hydrogen-bond acceptors (Lipinski definition) is 10. The summed E-state index contributed by atoms with van der Waals surface area (Å²) in [7, 11) is 0. The molecular formula is C44H54N10O6S. The third-order valence-electron chi connectivity index (χ3n) is 10.2. The first-order valence-corrected chi connectivity index (χ1v) is 20.9. The van der Waals surface area contributed by atoms with E-state index >= 15 is 0 Å². The minimum atomic E-state index is -1.21. The Bertz CT molecular complexity index is 2190. The van der Waals surface area contributed by atoms with Gasteiger partial charge in [0.1, 0.15) is 30.5 Å². The Kier molecular flexibility index (Phi) is 17.6. The van der Waals surface area contributed by atoms with Gasteiger partial charge < -0.3 is 52.8 Å².